The van der Waals surface area contributed by atoms with Crippen LogP contribution in [0.5, 0.6) is 0 Å². The lowest BCUT2D eigenvalue weighted by Crippen LogP contribution is -2.35. The summed E-state index contributed by atoms with van der Waals surface area (Å²) in [6, 6.07) is 23.3. The molecule has 0 radical (unpaired) electrons. The summed E-state index contributed by atoms with van der Waals surface area (Å²) in [6.45, 7) is 0.736. The molecule has 0 saturated carbocycles. The SMILES string of the molecule is N=C(N)c1cccc(NC(=O)C(Nc2ccc(N3CCCCC3=O)cc2)c2ccccc2)c1. The molecule has 1 unspecified atom stereocenters. The Morgan fingerprint density at radius 1 is 0.939 bits per heavy atom. The van der Waals surface area contributed by atoms with Crippen LogP contribution in [0.15, 0.2) is 78.9 Å². The first-order valence-electron chi connectivity index (χ1n) is 11.0. The van der Waals surface area contributed by atoms with Gasteiger partial charge in [0.15, 0.2) is 0 Å². The molecule has 3 aromatic rings. The molecule has 5 N–H and O–H groups in total. The van der Waals surface area contributed by atoms with Gasteiger partial charge in [-0.15, -0.1) is 0 Å². The smallest absolute Gasteiger partial charge is 0.251 e. The van der Waals surface area contributed by atoms with Gasteiger partial charge in [-0.25, -0.2) is 0 Å². The fourth-order valence-corrected chi connectivity index (χ4v) is 3.91. The summed E-state index contributed by atoms with van der Waals surface area (Å²) < 4.78 is 0. The van der Waals surface area contributed by atoms with Gasteiger partial charge in [-0.2, -0.15) is 0 Å². The average molecular weight is 442 g/mol. The molecule has 33 heavy (non-hydrogen) atoms. The van der Waals surface area contributed by atoms with Crippen LogP contribution in [0, 0.1) is 5.41 Å². The van der Waals surface area contributed by atoms with E-state index in [-0.39, 0.29) is 17.6 Å². The maximum Gasteiger partial charge on any atom is 0.251 e. The van der Waals surface area contributed by atoms with Crippen LogP contribution >= 0.6 is 0 Å². The molecular weight excluding hydrogens is 414 g/mol. The van der Waals surface area contributed by atoms with Crippen molar-refractivity contribution in [2.24, 2.45) is 5.73 Å². The molecule has 1 aliphatic heterocycles. The van der Waals surface area contributed by atoms with E-state index in [0.29, 0.717) is 17.7 Å². The number of amides is 2. The standard InChI is InChI=1S/C26H27N5O2/c27-25(28)19-9-6-10-21(17-19)30-26(33)24(18-7-2-1-3-8-18)29-20-12-14-22(15-13-20)31-16-5-4-11-23(31)32/h1-3,6-10,12-15,17,24,29H,4-5,11,16H2,(H3,27,28)(H,30,33). The normalized spacial score (nSPS) is 14.4. The van der Waals surface area contributed by atoms with Crippen LogP contribution in [0.4, 0.5) is 17.1 Å². The molecule has 0 aromatic heterocycles. The molecule has 0 aliphatic carbocycles. The van der Waals surface area contributed by atoms with Crippen molar-refractivity contribution in [2.45, 2.75) is 25.3 Å². The molecule has 0 bridgehead atoms. The van der Waals surface area contributed by atoms with E-state index < -0.39 is 6.04 Å². The van der Waals surface area contributed by atoms with Crippen LogP contribution in [-0.2, 0) is 9.59 Å². The van der Waals surface area contributed by atoms with Crippen molar-refractivity contribution in [3.8, 4) is 0 Å². The van der Waals surface area contributed by atoms with E-state index in [1.165, 1.54) is 0 Å². The van der Waals surface area contributed by atoms with Gasteiger partial charge in [0, 0.05) is 35.6 Å². The number of nitrogens with zero attached hydrogens (tertiary/aromatic N) is 1. The summed E-state index contributed by atoms with van der Waals surface area (Å²) in [5, 5.41) is 13.8. The molecular formula is C26H27N5O2. The molecule has 2 amide bonds. The van der Waals surface area contributed by atoms with E-state index in [9.17, 15) is 9.59 Å². The van der Waals surface area contributed by atoms with Gasteiger partial charge in [-0.3, -0.25) is 15.0 Å². The van der Waals surface area contributed by atoms with Gasteiger partial charge in [0.05, 0.1) is 0 Å². The molecule has 0 spiro atoms. The maximum absolute atomic E-state index is 13.2. The zero-order chi connectivity index (χ0) is 23.2. The van der Waals surface area contributed by atoms with Crippen molar-refractivity contribution in [2.75, 3.05) is 22.1 Å². The second-order valence-corrected chi connectivity index (χ2v) is 8.02. The summed E-state index contributed by atoms with van der Waals surface area (Å²) in [7, 11) is 0. The van der Waals surface area contributed by atoms with Crippen LogP contribution in [0.1, 0.15) is 36.4 Å². The van der Waals surface area contributed by atoms with Crippen LogP contribution < -0.4 is 21.3 Å². The first-order valence-corrected chi connectivity index (χ1v) is 11.0. The molecule has 7 nitrogen and oxygen atoms in total. The molecule has 1 fully saturated rings. The zero-order valence-electron chi connectivity index (χ0n) is 18.3. The number of piperidine rings is 1. The lowest BCUT2D eigenvalue weighted by molar-refractivity contribution is -0.119. The number of anilines is 3. The quantitative estimate of drug-likeness (QED) is 0.324. The number of benzene rings is 3. The highest BCUT2D eigenvalue weighted by atomic mass is 16.2. The number of hydrogen-bond donors (Lipinski definition) is 4. The summed E-state index contributed by atoms with van der Waals surface area (Å²) in [5.74, 6) is -0.149. The van der Waals surface area contributed by atoms with E-state index in [2.05, 4.69) is 10.6 Å². The maximum atomic E-state index is 13.2. The topological polar surface area (TPSA) is 111 Å². The Hall–Kier alpha value is -4.13. The third kappa shape index (κ3) is 5.38. The highest BCUT2D eigenvalue weighted by Crippen LogP contribution is 2.26. The first-order chi connectivity index (χ1) is 16.0. The molecule has 1 aliphatic rings. The molecule has 1 saturated heterocycles. The van der Waals surface area contributed by atoms with Gasteiger partial charge >= 0.3 is 0 Å². The van der Waals surface area contributed by atoms with Crippen LogP contribution in [-0.4, -0.2) is 24.2 Å². The average Bonchev–Trinajstić information content (AvgIpc) is 2.84. The molecule has 7 heteroatoms. The third-order valence-electron chi connectivity index (χ3n) is 5.65. The largest absolute Gasteiger partial charge is 0.384 e. The van der Waals surface area contributed by atoms with Gasteiger partial charge in [-0.1, -0.05) is 42.5 Å². The Balaban J connectivity index is 1.54. The second kappa shape index (κ2) is 9.99. The Morgan fingerprint density at radius 3 is 2.39 bits per heavy atom. The summed E-state index contributed by atoms with van der Waals surface area (Å²) in [4.78, 5) is 27.3. The molecule has 168 valence electrons. The van der Waals surface area contributed by atoms with E-state index in [1.54, 1.807) is 24.3 Å². The summed E-state index contributed by atoms with van der Waals surface area (Å²) in [5.41, 5.74) is 9.13. The van der Waals surface area contributed by atoms with Gasteiger partial charge in [0.25, 0.3) is 5.91 Å². The molecule has 4 rings (SSSR count). The molecule has 1 atom stereocenters. The number of carbonyl (C=O) groups excluding carboxylic acids is 2. The summed E-state index contributed by atoms with van der Waals surface area (Å²) >= 11 is 0. The van der Waals surface area contributed by atoms with E-state index in [1.807, 2.05) is 59.5 Å². The van der Waals surface area contributed by atoms with E-state index in [0.717, 1.165) is 36.3 Å². The number of nitrogens with one attached hydrogen (secondary N) is 3. The van der Waals surface area contributed by atoms with Gasteiger partial charge in [-0.05, 0) is 54.8 Å². The van der Waals surface area contributed by atoms with Crippen molar-refractivity contribution in [3.63, 3.8) is 0 Å². The lowest BCUT2D eigenvalue weighted by Gasteiger charge is -2.27. The van der Waals surface area contributed by atoms with Crippen molar-refractivity contribution >= 4 is 34.7 Å². The highest BCUT2D eigenvalue weighted by Gasteiger charge is 2.22. The van der Waals surface area contributed by atoms with Crippen molar-refractivity contribution in [1.82, 2.24) is 0 Å². The third-order valence-corrected chi connectivity index (χ3v) is 5.65. The van der Waals surface area contributed by atoms with Crippen molar-refractivity contribution < 1.29 is 9.59 Å². The lowest BCUT2D eigenvalue weighted by atomic mass is 10.0. The fraction of sp³-hybridized carbons (Fsp3) is 0.192. The highest BCUT2D eigenvalue weighted by molar-refractivity contribution is 6.00. The monoisotopic (exact) mass is 441 g/mol. The molecule has 1 heterocycles. The number of nitrogen functional groups attached to an aromatic ring is 1. The van der Waals surface area contributed by atoms with Gasteiger partial charge < -0.3 is 21.3 Å². The predicted octanol–water partition coefficient (Wildman–Crippen LogP) is 4.28. The number of rotatable bonds is 7. The predicted molar refractivity (Wildman–Crippen MR) is 132 cm³/mol. The van der Waals surface area contributed by atoms with E-state index >= 15 is 0 Å². The van der Waals surface area contributed by atoms with Gasteiger partial charge in [0.1, 0.15) is 11.9 Å². The second-order valence-electron chi connectivity index (χ2n) is 8.02. The van der Waals surface area contributed by atoms with Crippen LogP contribution in [0.3, 0.4) is 0 Å². The van der Waals surface area contributed by atoms with Crippen molar-refractivity contribution in [3.05, 3.63) is 90.0 Å². The van der Waals surface area contributed by atoms with Gasteiger partial charge in [0.2, 0.25) is 5.91 Å². The minimum atomic E-state index is -0.644. The Bertz CT molecular complexity index is 1140. The minimum absolute atomic E-state index is 0.0592. The van der Waals surface area contributed by atoms with Crippen LogP contribution in [0.25, 0.3) is 0 Å². The van der Waals surface area contributed by atoms with E-state index in [4.69, 9.17) is 11.1 Å². The zero-order valence-corrected chi connectivity index (χ0v) is 18.3. The minimum Gasteiger partial charge on any atom is -0.384 e. The Labute approximate surface area is 193 Å². The number of hydrogen-bond acceptors (Lipinski definition) is 4. The number of carbonyl (C=O) groups is 2. The Kier molecular flexibility index (Phi) is 6.69. The van der Waals surface area contributed by atoms with Crippen molar-refractivity contribution in [1.29, 1.82) is 5.41 Å². The number of nitrogens with two attached hydrogens (primary N) is 1. The fourth-order valence-electron chi connectivity index (χ4n) is 3.91. The molecule has 3 aromatic carbocycles. The Morgan fingerprint density at radius 2 is 1.70 bits per heavy atom. The number of amidine groups is 1. The van der Waals surface area contributed by atoms with Crippen LogP contribution in [0.2, 0.25) is 0 Å². The first kappa shape index (κ1) is 22.1. The summed E-state index contributed by atoms with van der Waals surface area (Å²) in [6.07, 6.45) is 2.53.